The second-order valence-electron chi connectivity index (χ2n) is 7.06. The van der Waals surface area contributed by atoms with Crippen molar-refractivity contribution in [3.63, 3.8) is 0 Å². The molecule has 140 valence electrons. The minimum absolute atomic E-state index is 0.0734. The molecule has 27 heavy (non-hydrogen) atoms. The van der Waals surface area contributed by atoms with Gasteiger partial charge in [-0.15, -0.1) is 0 Å². The Kier molecular flexibility index (Phi) is 4.56. The van der Waals surface area contributed by atoms with Gasteiger partial charge in [0.1, 0.15) is 0 Å². The summed E-state index contributed by atoms with van der Waals surface area (Å²) >= 11 is 0. The molecule has 4 rings (SSSR count). The van der Waals surface area contributed by atoms with Crippen molar-refractivity contribution in [1.29, 1.82) is 0 Å². The first-order chi connectivity index (χ1) is 12.9. The molecule has 2 bridgehead atoms. The van der Waals surface area contributed by atoms with Crippen LogP contribution in [0.25, 0.3) is 0 Å². The van der Waals surface area contributed by atoms with Crippen LogP contribution in [0.1, 0.15) is 19.3 Å². The van der Waals surface area contributed by atoms with Crippen LogP contribution in [-0.4, -0.2) is 16.8 Å². The molecule has 4 nitrogen and oxygen atoms in total. The van der Waals surface area contributed by atoms with Crippen molar-refractivity contribution >= 4 is 19.7 Å². The average Bonchev–Trinajstić information content (AvgIpc) is 2.68. The van der Waals surface area contributed by atoms with E-state index in [1.165, 1.54) is 0 Å². The topological polar surface area (TPSA) is 68.3 Å². The van der Waals surface area contributed by atoms with Crippen LogP contribution in [0.3, 0.4) is 0 Å². The molecular formula is C21H20O4S2. The summed E-state index contributed by atoms with van der Waals surface area (Å²) in [5.74, 6) is -0.147. The van der Waals surface area contributed by atoms with Gasteiger partial charge >= 0.3 is 0 Å². The lowest BCUT2D eigenvalue weighted by Crippen LogP contribution is -2.24. The molecule has 0 saturated carbocycles. The molecule has 0 aromatic heterocycles. The highest BCUT2D eigenvalue weighted by Crippen LogP contribution is 2.43. The fraction of sp³-hybridized carbons (Fsp3) is 0.238. The van der Waals surface area contributed by atoms with Gasteiger partial charge in [0.15, 0.2) is 0 Å². The number of rotatable bonds is 4. The predicted molar refractivity (Wildman–Crippen MR) is 104 cm³/mol. The van der Waals surface area contributed by atoms with Crippen LogP contribution >= 0.6 is 0 Å². The van der Waals surface area contributed by atoms with Crippen molar-refractivity contribution in [2.24, 2.45) is 11.8 Å². The lowest BCUT2D eigenvalue weighted by molar-refractivity contribution is 0.429. The molecular weight excluding hydrogens is 380 g/mol. The molecule has 0 N–H and O–H groups in total. The Labute approximate surface area is 160 Å². The maximum atomic E-state index is 12.9. The van der Waals surface area contributed by atoms with Crippen molar-refractivity contribution in [2.75, 3.05) is 0 Å². The monoisotopic (exact) mass is 400 g/mol. The first kappa shape index (κ1) is 18.2. The van der Waals surface area contributed by atoms with E-state index in [0.29, 0.717) is 22.7 Å². The van der Waals surface area contributed by atoms with Gasteiger partial charge in [0.25, 0.3) is 0 Å². The normalized spacial score (nSPS) is 22.7. The Balaban J connectivity index is 1.64. The number of hydrogen-bond acceptors (Lipinski definition) is 4. The molecule has 0 amide bonds. The van der Waals surface area contributed by atoms with E-state index in [0.717, 1.165) is 6.42 Å². The minimum atomic E-state index is -3.53. The summed E-state index contributed by atoms with van der Waals surface area (Å²) in [6, 6.07) is 16.8. The summed E-state index contributed by atoms with van der Waals surface area (Å²) < 4.78 is 51.6. The Hall–Kier alpha value is -2.18. The van der Waals surface area contributed by atoms with E-state index < -0.39 is 19.7 Å². The molecule has 2 aromatic carbocycles. The van der Waals surface area contributed by atoms with E-state index in [4.69, 9.17) is 0 Å². The van der Waals surface area contributed by atoms with Crippen molar-refractivity contribution < 1.29 is 16.8 Å². The van der Waals surface area contributed by atoms with Crippen molar-refractivity contribution in [3.8, 4) is 0 Å². The molecule has 0 heterocycles. The first-order valence-corrected chi connectivity index (χ1v) is 11.9. The van der Waals surface area contributed by atoms with Gasteiger partial charge in [-0.1, -0.05) is 48.6 Å². The van der Waals surface area contributed by atoms with E-state index in [-0.39, 0.29) is 21.6 Å². The van der Waals surface area contributed by atoms with Gasteiger partial charge in [-0.2, -0.15) is 0 Å². The average molecular weight is 401 g/mol. The van der Waals surface area contributed by atoms with Gasteiger partial charge in [-0.25, -0.2) is 16.8 Å². The molecule has 2 aliphatic carbocycles. The number of hydrogen-bond donors (Lipinski definition) is 0. The lowest BCUT2D eigenvalue weighted by atomic mass is 9.80. The minimum Gasteiger partial charge on any atom is -0.219 e. The summed E-state index contributed by atoms with van der Waals surface area (Å²) in [6.45, 7) is 0. The fourth-order valence-electron chi connectivity index (χ4n) is 3.89. The Morgan fingerprint density at radius 1 is 0.593 bits per heavy atom. The number of sulfone groups is 2. The van der Waals surface area contributed by atoms with Crippen LogP contribution in [0.2, 0.25) is 0 Å². The van der Waals surface area contributed by atoms with Crippen LogP contribution in [0.5, 0.6) is 0 Å². The highest BCUT2D eigenvalue weighted by atomic mass is 32.2. The molecule has 0 aliphatic heterocycles. The molecule has 0 fully saturated rings. The SMILES string of the molecule is O=S(=O)(C1=CC2CC(S(=O)(=O)c3ccccc3)=CC(C1)C2)c1ccccc1. The van der Waals surface area contributed by atoms with E-state index in [2.05, 4.69) is 0 Å². The smallest absolute Gasteiger partial charge is 0.202 e. The standard InChI is InChI=1S/C21H20O4S2/c22-26(23,18-7-3-1-4-8-18)20-12-16-11-17(13-20)15-21(14-16)27(24,25)19-9-5-2-6-10-19/h1-10,12,15-17H,11,13-14H2. The van der Waals surface area contributed by atoms with Crippen molar-refractivity contribution in [3.05, 3.63) is 82.6 Å². The third-order valence-electron chi connectivity index (χ3n) is 5.17. The van der Waals surface area contributed by atoms with Gasteiger partial charge in [0, 0.05) is 9.81 Å². The van der Waals surface area contributed by atoms with Gasteiger partial charge in [0.2, 0.25) is 19.7 Å². The summed E-state index contributed by atoms with van der Waals surface area (Å²) in [7, 11) is -7.05. The Bertz CT molecular complexity index is 1020. The van der Waals surface area contributed by atoms with Crippen LogP contribution in [0.15, 0.2) is 92.4 Å². The second kappa shape index (κ2) is 6.77. The van der Waals surface area contributed by atoms with Gasteiger partial charge in [-0.3, -0.25) is 0 Å². The van der Waals surface area contributed by atoms with Crippen LogP contribution < -0.4 is 0 Å². The third kappa shape index (κ3) is 3.39. The number of fused-ring (bicyclic) bond motifs is 2. The zero-order valence-electron chi connectivity index (χ0n) is 14.7. The van der Waals surface area contributed by atoms with Crippen LogP contribution in [-0.2, 0) is 19.7 Å². The van der Waals surface area contributed by atoms with E-state index >= 15 is 0 Å². The first-order valence-electron chi connectivity index (χ1n) is 8.89. The molecule has 6 heteroatoms. The highest BCUT2D eigenvalue weighted by molar-refractivity contribution is 7.95. The Morgan fingerprint density at radius 3 is 1.33 bits per heavy atom. The van der Waals surface area contributed by atoms with Gasteiger partial charge < -0.3 is 0 Å². The van der Waals surface area contributed by atoms with E-state index in [9.17, 15) is 16.8 Å². The van der Waals surface area contributed by atoms with Gasteiger partial charge in [-0.05, 0) is 55.4 Å². The molecule has 0 saturated heterocycles. The molecule has 2 unspecified atom stereocenters. The molecule has 0 spiro atoms. The largest absolute Gasteiger partial charge is 0.219 e. The lowest BCUT2D eigenvalue weighted by Gasteiger charge is -2.32. The zero-order chi connectivity index (χ0) is 19.1. The molecule has 2 aromatic rings. The van der Waals surface area contributed by atoms with Crippen molar-refractivity contribution in [1.82, 2.24) is 0 Å². The summed E-state index contributed by atoms with van der Waals surface area (Å²) in [5, 5.41) is 0. The third-order valence-corrected chi connectivity index (χ3v) is 8.94. The fourth-order valence-corrected chi connectivity index (χ4v) is 7.14. The maximum absolute atomic E-state index is 12.9. The summed E-state index contributed by atoms with van der Waals surface area (Å²) in [6.07, 6.45) is 5.03. The number of benzene rings is 2. The molecule has 2 atom stereocenters. The van der Waals surface area contributed by atoms with E-state index in [1.807, 2.05) is 0 Å². The van der Waals surface area contributed by atoms with Crippen LogP contribution in [0, 0.1) is 11.8 Å². The number of allylic oxidation sites excluding steroid dienone is 4. The zero-order valence-corrected chi connectivity index (χ0v) is 16.3. The predicted octanol–water partition coefficient (Wildman–Crippen LogP) is 4.13. The van der Waals surface area contributed by atoms with Crippen molar-refractivity contribution in [2.45, 2.75) is 29.1 Å². The summed E-state index contributed by atoms with van der Waals surface area (Å²) in [5.41, 5.74) is 0. The quantitative estimate of drug-likeness (QED) is 0.774. The summed E-state index contributed by atoms with van der Waals surface area (Å²) in [4.78, 5) is 1.39. The molecule has 2 aliphatic rings. The Morgan fingerprint density at radius 2 is 0.963 bits per heavy atom. The molecule has 0 radical (unpaired) electrons. The van der Waals surface area contributed by atoms with Crippen LogP contribution in [0.4, 0.5) is 0 Å². The van der Waals surface area contributed by atoms with E-state index in [1.54, 1.807) is 72.8 Å². The highest BCUT2D eigenvalue weighted by Gasteiger charge is 2.35. The van der Waals surface area contributed by atoms with Gasteiger partial charge in [0.05, 0.1) is 9.79 Å². The maximum Gasteiger partial charge on any atom is 0.202 e. The second-order valence-corrected chi connectivity index (χ2v) is 11.1.